The van der Waals surface area contributed by atoms with Crippen LogP contribution in [0.2, 0.25) is 0 Å². The monoisotopic (exact) mass is 336 g/mol. The topological polar surface area (TPSA) is 70.6 Å². The summed E-state index contributed by atoms with van der Waals surface area (Å²) in [5.41, 5.74) is 0.374. The highest BCUT2D eigenvalue weighted by molar-refractivity contribution is 9.10. The zero-order valence-corrected chi connectivity index (χ0v) is 11.9. The minimum absolute atomic E-state index is 0. The van der Waals surface area contributed by atoms with Crippen molar-refractivity contribution >= 4 is 39.9 Å². The SMILES string of the molecule is Cl.O=C(Nc1cc(Br)ccc1O)C1CNCCO1. The van der Waals surface area contributed by atoms with Gasteiger partial charge < -0.3 is 20.5 Å². The molecule has 7 heteroatoms. The molecule has 2 rings (SSSR count). The number of aromatic hydroxyl groups is 1. The first-order chi connectivity index (χ1) is 8.16. The summed E-state index contributed by atoms with van der Waals surface area (Å²) in [7, 11) is 0. The Morgan fingerprint density at radius 3 is 3.00 bits per heavy atom. The summed E-state index contributed by atoms with van der Waals surface area (Å²) in [4.78, 5) is 11.8. The average Bonchev–Trinajstić information content (AvgIpc) is 2.35. The van der Waals surface area contributed by atoms with Crippen LogP contribution >= 0.6 is 28.3 Å². The zero-order chi connectivity index (χ0) is 12.3. The Balaban J connectivity index is 0.00000162. The number of hydrogen-bond donors (Lipinski definition) is 3. The molecule has 1 heterocycles. The van der Waals surface area contributed by atoms with Crippen LogP contribution in [-0.4, -0.2) is 36.8 Å². The number of carbonyl (C=O) groups is 1. The second kappa shape index (κ2) is 6.94. The molecule has 0 radical (unpaired) electrons. The molecule has 0 spiro atoms. The first-order valence-corrected chi connectivity index (χ1v) is 6.08. The Hall–Kier alpha value is -0.820. The molecule has 1 aromatic carbocycles. The van der Waals surface area contributed by atoms with Crippen LogP contribution in [0.3, 0.4) is 0 Å². The third kappa shape index (κ3) is 3.84. The number of halogens is 2. The minimum atomic E-state index is -0.512. The van der Waals surface area contributed by atoms with Gasteiger partial charge in [0.1, 0.15) is 11.9 Å². The van der Waals surface area contributed by atoms with E-state index in [1.807, 2.05) is 0 Å². The molecule has 1 aromatic rings. The Morgan fingerprint density at radius 1 is 1.56 bits per heavy atom. The largest absolute Gasteiger partial charge is 0.506 e. The van der Waals surface area contributed by atoms with Crippen LogP contribution in [0.5, 0.6) is 5.75 Å². The van der Waals surface area contributed by atoms with Gasteiger partial charge in [-0.05, 0) is 18.2 Å². The molecule has 1 atom stereocenters. The van der Waals surface area contributed by atoms with Crippen molar-refractivity contribution in [1.29, 1.82) is 0 Å². The van der Waals surface area contributed by atoms with Gasteiger partial charge in [-0.3, -0.25) is 4.79 Å². The highest BCUT2D eigenvalue weighted by atomic mass is 79.9. The number of phenols is 1. The van der Waals surface area contributed by atoms with E-state index in [0.29, 0.717) is 18.8 Å². The normalized spacial score (nSPS) is 18.8. The van der Waals surface area contributed by atoms with Gasteiger partial charge in [-0.15, -0.1) is 12.4 Å². The fraction of sp³-hybridized carbons (Fsp3) is 0.364. The maximum atomic E-state index is 11.8. The van der Waals surface area contributed by atoms with Gasteiger partial charge in [0.25, 0.3) is 5.91 Å². The molecule has 0 saturated carbocycles. The molecule has 1 unspecified atom stereocenters. The van der Waals surface area contributed by atoms with E-state index in [4.69, 9.17) is 4.74 Å². The van der Waals surface area contributed by atoms with Gasteiger partial charge in [-0.1, -0.05) is 15.9 Å². The second-order valence-electron chi connectivity index (χ2n) is 3.71. The van der Waals surface area contributed by atoms with Crippen molar-refractivity contribution in [3.8, 4) is 5.75 Å². The van der Waals surface area contributed by atoms with Crippen LogP contribution in [0.25, 0.3) is 0 Å². The first-order valence-electron chi connectivity index (χ1n) is 5.28. The predicted molar refractivity (Wildman–Crippen MR) is 74.3 cm³/mol. The van der Waals surface area contributed by atoms with E-state index in [0.717, 1.165) is 11.0 Å². The molecule has 1 saturated heterocycles. The summed E-state index contributed by atoms with van der Waals surface area (Å²) in [5.74, 6) is -0.226. The quantitative estimate of drug-likeness (QED) is 0.715. The average molecular weight is 338 g/mol. The lowest BCUT2D eigenvalue weighted by Gasteiger charge is -2.22. The van der Waals surface area contributed by atoms with Crippen LogP contribution in [0.4, 0.5) is 5.69 Å². The molecule has 1 aliphatic rings. The molecule has 5 nitrogen and oxygen atoms in total. The van der Waals surface area contributed by atoms with Crippen LogP contribution in [0.15, 0.2) is 22.7 Å². The summed E-state index contributed by atoms with van der Waals surface area (Å²) < 4.78 is 6.10. The van der Waals surface area contributed by atoms with Crippen LogP contribution in [-0.2, 0) is 9.53 Å². The van der Waals surface area contributed by atoms with Crippen LogP contribution in [0.1, 0.15) is 0 Å². The number of anilines is 1. The van der Waals surface area contributed by atoms with Crippen LogP contribution < -0.4 is 10.6 Å². The molecule has 0 aliphatic carbocycles. The summed E-state index contributed by atoms with van der Waals surface area (Å²) in [6.07, 6.45) is -0.512. The molecule has 1 amide bonds. The third-order valence-corrected chi connectivity index (χ3v) is 2.93. The summed E-state index contributed by atoms with van der Waals surface area (Å²) in [6, 6.07) is 4.85. The number of benzene rings is 1. The van der Waals surface area contributed by atoms with Crippen molar-refractivity contribution in [2.75, 3.05) is 25.0 Å². The van der Waals surface area contributed by atoms with Crippen LogP contribution in [0, 0.1) is 0 Å². The van der Waals surface area contributed by atoms with Crippen molar-refractivity contribution in [1.82, 2.24) is 5.32 Å². The predicted octanol–water partition coefficient (Wildman–Crippen LogP) is 1.50. The lowest BCUT2D eigenvalue weighted by Crippen LogP contribution is -2.45. The maximum Gasteiger partial charge on any atom is 0.254 e. The fourth-order valence-electron chi connectivity index (χ4n) is 1.56. The molecule has 1 aliphatic heterocycles. The highest BCUT2D eigenvalue weighted by Gasteiger charge is 2.22. The van der Waals surface area contributed by atoms with Crippen molar-refractivity contribution in [3.63, 3.8) is 0 Å². The zero-order valence-electron chi connectivity index (χ0n) is 9.48. The molecule has 0 aromatic heterocycles. The van der Waals surface area contributed by atoms with E-state index in [9.17, 15) is 9.90 Å². The summed E-state index contributed by atoms with van der Waals surface area (Å²) >= 11 is 3.28. The lowest BCUT2D eigenvalue weighted by molar-refractivity contribution is -0.128. The number of nitrogens with one attached hydrogen (secondary N) is 2. The molecule has 0 bridgehead atoms. The van der Waals surface area contributed by atoms with E-state index in [1.54, 1.807) is 12.1 Å². The minimum Gasteiger partial charge on any atom is -0.506 e. The molecule has 3 N–H and O–H groups in total. The number of hydrogen-bond acceptors (Lipinski definition) is 4. The number of phenolic OH excluding ortho intramolecular Hbond substituents is 1. The summed E-state index contributed by atoms with van der Waals surface area (Å²) in [5, 5.41) is 15.3. The molecule has 18 heavy (non-hydrogen) atoms. The lowest BCUT2D eigenvalue weighted by atomic mass is 10.2. The number of rotatable bonds is 2. The van der Waals surface area contributed by atoms with E-state index >= 15 is 0 Å². The van der Waals surface area contributed by atoms with Crippen molar-refractivity contribution < 1.29 is 14.6 Å². The van der Waals surface area contributed by atoms with Crippen molar-refractivity contribution in [3.05, 3.63) is 22.7 Å². The van der Waals surface area contributed by atoms with Gasteiger partial charge in [0.15, 0.2) is 0 Å². The van der Waals surface area contributed by atoms with Gasteiger partial charge in [-0.2, -0.15) is 0 Å². The van der Waals surface area contributed by atoms with E-state index in [-0.39, 0.29) is 24.1 Å². The maximum absolute atomic E-state index is 11.8. The van der Waals surface area contributed by atoms with Gasteiger partial charge in [0.2, 0.25) is 0 Å². The number of morpholine rings is 1. The Labute approximate surface area is 119 Å². The molecular formula is C11H14BrClN2O3. The molecule has 100 valence electrons. The van der Waals surface area contributed by atoms with E-state index < -0.39 is 6.10 Å². The van der Waals surface area contributed by atoms with E-state index in [2.05, 4.69) is 26.6 Å². The number of carbonyl (C=O) groups excluding carboxylic acids is 1. The molecular weight excluding hydrogens is 323 g/mol. The Bertz CT molecular complexity index is 425. The number of amides is 1. The van der Waals surface area contributed by atoms with Gasteiger partial charge in [0.05, 0.1) is 12.3 Å². The van der Waals surface area contributed by atoms with Gasteiger partial charge in [0, 0.05) is 17.6 Å². The van der Waals surface area contributed by atoms with Crippen molar-refractivity contribution in [2.45, 2.75) is 6.10 Å². The van der Waals surface area contributed by atoms with Gasteiger partial charge in [-0.25, -0.2) is 0 Å². The standard InChI is InChI=1S/C11H13BrN2O3.ClH/c12-7-1-2-9(15)8(5-7)14-11(16)10-6-13-3-4-17-10;/h1-2,5,10,13,15H,3-4,6H2,(H,14,16);1H. The van der Waals surface area contributed by atoms with Crippen molar-refractivity contribution in [2.24, 2.45) is 0 Å². The third-order valence-electron chi connectivity index (χ3n) is 2.44. The number of ether oxygens (including phenoxy) is 1. The smallest absolute Gasteiger partial charge is 0.254 e. The summed E-state index contributed by atoms with van der Waals surface area (Å²) in [6.45, 7) is 1.76. The van der Waals surface area contributed by atoms with Gasteiger partial charge >= 0.3 is 0 Å². The molecule has 1 fully saturated rings. The Morgan fingerprint density at radius 2 is 2.33 bits per heavy atom. The Kier molecular flexibility index (Phi) is 5.87. The highest BCUT2D eigenvalue weighted by Crippen LogP contribution is 2.26. The fourth-order valence-corrected chi connectivity index (χ4v) is 1.92. The first kappa shape index (κ1) is 15.2. The van der Waals surface area contributed by atoms with E-state index in [1.165, 1.54) is 6.07 Å². The second-order valence-corrected chi connectivity index (χ2v) is 4.63.